The molecule has 96 valence electrons. The zero-order chi connectivity index (χ0) is 12.8. The van der Waals surface area contributed by atoms with E-state index in [1.54, 1.807) is 7.11 Å². The monoisotopic (exact) mass is 237 g/mol. The average molecular weight is 237 g/mol. The first kappa shape index (κ1) is 14.0. The Kier molecular flexibility index (Phi) is 5.45. The van der Waals surface area contributed by atoms with Gasteiger partial charge in [-0.25, -0.2) is 0 Å². The van der Waals surface area contributed by atoms with Crippen molar-refractivity contribution in [2.24, 2.45) is 5.73 Å². The lowest BCUT2D eigenvalue weighted by atomic mass is 9.97. The second-order valence-corrected chi connectivity index (χ2v) is 4.66. The molecule has 0 aliphatic rings. The maximum absolute atomic E-state index is 9.82. The zero-order valence-electron chi connectivity index (χ0n) is 10.9. The Morgan fingerprint density at radius 2 is 2.06 bits per heavy atom. The fourth-order valence-electron chi connectivity index (χ4n) is 1.87. The molecule has 0 spiro atoms. The van der Waals surface area contributed by atoms with Gasteiger partial charge in [0.25, 0.3) is 0 Å². The third-order valence-electron chi connectivity index (χ3n) is 2.93. The zero-order valence-corrected chi connectivity index (χ0v) is 10.9. The predicted molar refractivity (Wildman–Crippen MR) is 70.5 cm³/mol. The highest BCUT2D eigenvalue weighted by Gasteiger charge is 2.11. The summed E-state index contributed by atoms with van der Waals surface area (Å²) in [5.74, 6) is 1.32. The fraction of sp³-hybridized carbons (Fsp3) is 0.571. The van der Waals surface area contributed by atoms with E-state index in [0.717, 1.165) is 11.3 Å². The number of aliphatic hydroxyl groups excluding tert-OH is 1. The van der Waals surface area contributed by atoms with Crippen molar-refractivity contribution >= 4 is 0 Å². The molecule has 0 radical (unpaired) electrons. The first-order valence-electron chi connectivity index (χ1n) is 6.13. The highest BCUT2D eigenvalue weighted by Crippen LogP contribution is 2.25. The normalized spacial score (nSPS) is 12.8. The van der Waals surface area contributed by atoms with E-state index in [1.165, 1.54) is 5.56 Å². The summed E-state index contributed by atoms with van der Waals surface area (Å²) in [7, 11) is 1.66. The number of hydrogen-bond acceptors (Lipinski definition) is 3. The van der Waals surface area contributed by atoms with Crippen molar-refractivity contribution in [3.8, 4) is 5.75 Å². The van der Waals surface area contributed by atoms with Crippen molar-refractivity contribution in [1.82, 2.24) is 0 Å². The van der Waals surface area contributed by atoms with Crippen molar-refractivity contribution in [1.29, 1.82) is 0 Å². The largest absolute Gasteiger partial charge is 0.496 e. The van der Waals surface area contributed by atoms with Gasteiger partial charge >= 0.3 is 0 Å². The molecule has 0 saturated carbocycles. The number of ether oxygens (including phenoxy) is 1. The molecule has 0 aliphatic heterocycles. The molecule has 3 heteroatoms. The number of methoxy groups -OCH3 is 1. The average Bonchev–Trinajstić information content (AvgIpc) is 2.29. The molecule has 3 N–H and O–H groups in total. The SMILES string of the molecule is COc1ccc(C(C)C)cc1CC(O)CCN. The third-order valence-corrected chi connectivity index (χ3v) is 2.93. The summed E-state index contributed by atoms with van der Waals surface area (Å²) in [6.45, 7) is 4.82. The number of benzene rings is 1. The smallest absolute Gasteiger partial charge is 0.122 e. The van der Waals surface area contributed by atoms with Crippen LogP contribution in [0.5, 0.6) is 5.75 Å². The van der Waals surface area contributed by atoms with E-state index < -0.39 is 6.10 Å². The van der Waals surface area contributed by atoms with E-state index in [2.05, 4.69) is 26.0 Å². The lowest BCUT2D eigenvalue weighted by Gasteiger charge is -2.15. The number of rotatable bonds is 6. The van der Waals surface area contributed by atoms with Crippen LogP contribution in [0.2, 0.25) is 0 Å². The summed E-state index contributed by atoms with van der Waals surface area (Å²) < 4.78 is 5.32. The van der Waals surface area contributed by atoms with E-state index in [9.17, 15) is 5.11 Å². The molecule has 0 fully saturated rings. The predicted octanol–water partition coefficient (Wildman–Crippen LogP) is 2.07. The maximum atomic E-state index is 9.82. The molecule has 17 heavy (non-hydrogen) atoms. The van der Waals surface area contributed by atoms with E-state index >= 15 is 0 Å². The minimum Gasteiger partial charge on any atom is -0.496 e. The van der Waals surface area contributed by atoms with Crippen LogP contribution in [0.1, 0.15) is 37.3 Å². The second-order valence-electron chi connectivity index (χ2n) is 4.66. The Morgan fingerprint density at radius 1 is 1.35 bits per heavy atom. The standard InChI is InChI=1S/C14H23NO2/c1-10(2)11-4-5-14(17-3)12(8-11)9-13(16)6-7-15/h4-5,8,10,13,16H,6-7,9,15H2,1-3H3. The highest BCUT2D eigenvalue weighted by molar-refractivity contribution is 5.38. The molecule has 0 heterocycles. The third kappa shape index (κ3) is 4.02. The molecule has 1 aromatic carbocycles. The molecule has 1 rings (SSSR count). The molecule has 3 nitrogen and oxygen atoms in total. The second kappa shape index (κ2) is 6.62. The van der Waals surface area contributed by atoms with Gasteiger partial charge in [0, 0.05) is 6.42 Å². The van der Waals surface area contributed by atoms with E-state index in [1.807, 2.05) is 6.07 Å². The van der Waals surface area contributed by atoms with Crippen LogP contribution in [0.3, 0.4) is 0 Å². The summed E-state index contributed by atoms with van der Waals surface area (Å²) in [5, 5.41) is 9.82. The molecule has 1 aromatic rings. The van der Waals surface area contributed by atoms with Crippen molar-refractivity contribution in [2.45, 2.75) is 38.7 Å². The van der Waals surface area contributed by atoms with Crippen LogP contribution < -0.4 is 10.5 Å². The van der Waals surface area contributed by atoms with Gasteiger partial charge in [-0.2, -0.15) is 0 Å². The highest BCUT2D eigenvalue weighted by atomic mass is 16.5. The van der Waals surface area contributed by atoms with Gasteiger partial charge in [-0.3, -0.25) is 0 Å². The molecule has 0 bridgehead atoms. The lowest BCUT2D eigenvalue weighted by molar-refractivity contribution is 0.166. The van der Waals surface area contributed by atoms with Gasteiger partial charge in [-0.1, -0.05) is 26.0 Å². The van der Waals surface area contributed by atoms with Crippen LogP contribution >= 0.6 is 0 Å². The van der Waals surface area contributed by atoms with Gasteiger partial charge in [-0.05, 0) is 36.1 Å². The fourth-order valence-corrected chi connectivity index (χ4v) is 1.87. The molecule has 0 aliphatic carbocycles. The van der Waals surface area contributed by atoms with Crippen molar-refractivity contribution < 1.29 is 9.84 Å². The van der Waals surface area contributed by atoms with Crippen LogP contribution in [0, 0.1) is 0 Å². The molecule has 0 saturated heterocycles. The van der Waals surface area contributed by atoms with Crippen LogP contribution in [0.25, 0.3) is 0 Å². The number of aliphatic hydroxyl groups is 1. The quantitative estimate of drug-likeness (QED) is 0.796. The van der Waals surface area contributed by atoms with Gasteiger partial charge in [0.2, 0.25) is 0 Å². The van der Waals surface area contributed by atoms with Crippen molar-refractivity contribution in [3.63, 3.8) is 0 Å². The Bertz CT molecular complexity index is 350. The van der Waals surface area contributed by atoms with Crippen LogP contribution in [0.15, 0.2) is 18.2 Å². The Morgan fingerprint density at radius 3 is 2.59 bits per heavy atom. The minimum atomic E-state index is -0.392. The topological polar surface area (TPSA) is 55.5 Å². The minimum absolute atomic E-state index is 0.392. The molecule has 1 unspecified atom stereocenters. The molecular weight excluding hydrogens is 214 g/mol. The lowest BCUT2D eigenvalue weighted by Crippen LogP contribution is -2.16. The summed E-state index contributed by atoms with van der Waals surface area (Å²) in [6, 6.07) is 6.16. The first-order valence-corrected chi connectivity index (χ1v) is 6.13. The number of nitrogens with two attached hydrogens (primary N) is 1. The Hall–Kier alpha value is -1.06. The van der Waals surface area contributed by atoms with E-state index in [-0.39, 0.29) is 0 Å². The molecule has 0 amide bonds. The summed E-state index contributed by atoms with van der Waals surface area (Å²) >= 11 is 0. The molecule has 0 aromatic heterocycles. The van der Waals surface area contributed by atoms with Crippen molar-refractivity contribution in [2.75, 3.05) is 13.7 Å². The van der Waals surface area contributed by atoms with Crippen LogP contribution in [-0.4, -0.2) is 24.9 Å². The van der Waals surface area contributed by atoms with Crippen LogP contribution in [0.4, 0.5) is 0 Å². The molecule has 1 atom stereocenters. The molecular formula is C14H23NO2. The van der Waals surface area contributed by atoms with Gasteiger partial charge < -0.3 is 15.6 Å². The van der Waals surface area contributed by atoms with Gasteiger partial charge in [0.15, 0.2) is 0 Å². The first-order chi connectivity index (χ1) is 8.08. The van der Waals surface area contributed by atoms with E-state index in [0.29, 0.717) is 25.3 Å². The van der Waals surface area contributed by atoms with E-state index in [4.69, 9.17) is 10.5 Å². The number of hydrogen-bond donors (Lipinski definition) is 2. The summed E-state index contributed by atoms with van der Waals surface area (Å²) in [6.07, 6.45) is 0.826. The Labute approximate surface area is 104 Å². The van der Waals surface area contributed by atoms with Crippen LogP contribution in [-0.2, 0) is 6.42 Å². The van der Waals surface area contributed by atoms with Gasteiger partial charge in [-0.15, -0.1) is 0 Å². The summed E-state index contributed by atoms with van der Waals surface area (Å²) in [4.78, 5) is 0. The summed E-state index contributed by atoms with van der Waals surface area (Å²) in [5.41, 5.74) is 7.76. The van der Waals surface area contributed by atoms with Gasteiger partial charge in [0.05, 0.1) is 13.2 Å². The van der Waals surface area contributed by atoms with Gasteiger partial charge in [0.1, 0.15) is 5.75 Å². The Balaban J connectivity index is 2.89. The maximum Gasteiger partial charge on any atom is 0.122 e. The van der Waals surface area contributed by atoms with Crippen molar-refractivity contribution in [3.05, 3.63) is 29.3 Å².